The van der Waals surface area contributed by atoms with Crippen LogP contribution in [0.4, 0.5) is 24.5 Å². The number of carbonyl (C=O) groups is 1. The largest absolute Gasteiger partial charge is 0.495 e. The fourth-order valence-electron chi connectivity index (χ4n) is 3.00. The molecule has 0 aliphatic carbocycles. The molecule has 0 saturated carbocycles. The van der Waals surface area contributed by atoms with Crippen molar-refractivity contribution in [2.75, 3.05) is 12.4 Å². The number of methoxy groups -OCH3 is 1. The number of rotatable bonds is 6. The number of benzene rings is 3. The van der Waals surface area contributed by atoms with E-state index in [-0.39, 0.29) is 22.0 Å². The summed E-state index contributed by atoms with van der Waals surface area (Å²) in [6, 6.07) is 15.6. The molecule has 0 aromatic heterocycles. The first kappa shape index (κ1) is 26.1. The molecule has 0 heterocycles. The number of para-hydroxylation sites is 1. The molecule has 3 N–H and O–H groups in total. The van der Waals surface area contributed by atoms with Gasteiger partial charge in [0.05, 0.1) is 29.2 Å². The lowest BCUT2D eigenvalue weighted by Gasteiger charge is -2.13. The summed E-state index contributed by atoms with van der Waals surface area (Å²) in [4.78, 5) is 17.0. The van der Waals surface area contributed by atoms with Crippen LogP contribution < -0.4 is 15.8 Å². The highest BCUT2D eigenvalue weighted by molar-refractivity contribution is 6.33. The molecule has 3 rings (SSSR count). The molecule has 0 atom stereocenters. The number of anilines is 1. The second-order valence-electron chi connectivity index (χ2n) is 7.38. The maximum Gasteiger partial charge on any atom is 0.430 e. The number of hydrogen-bond donors (Lipinski definition) is 2. The molecule has 0 aliphatic heterocycles. The normalized spacial score (nSPS) is 12.4. The highest BCUT2D eigenvalue weighted by Gasteiger charge is 2.31. The Hall–Kier alpha value is -3.49. The summed E-state index contributed by atoms with van der Waals surface area (Å²) in [5.74, 6) is -0.0704. The summed E-state index contributed by atoms with van der Waals surface area (Å²) < 4.78 is 44.5. The molecular weight excluding hydrogens is 502 g/mol. The van der Waals surface area contributed by atoms with Crippen LogP contribution in [0.3, 0.4) is 0 Å². The zero-order valence-electron chi connectivity index (χ0n) is 18.6. The van der Waals surface area contributed by atoms with E-state index in [0.717, 1.165) is 11.6 Å². The van der Waals surface area contributed by atoms with Crippen LogP contribution in [0.1, 0.15) is 21.5 Å². The van der Waals surface area contributed by atoms with Crippen molar-refractivity contribution in [3.05, 3.63) is 99.2 Å². The highest BCUT2D eigenvalue weighted by Crippen LogP contribution is 2.31. The Morgan fingerprint density at radius 2 is 1.66 bits per heavy atom. The Kier molecular flexibility index (Phi) is 8.09. The van der Waals surface area contributed by atoms with Gasteiger partial charge in [-0.05, 0) is 48.9 Å². The molecule has 0 bridgehead atoms. The van der Waals surface area contributed by atoms with E-state index in [1.54, 1.807) is 43.3 Å². The van der Waals surface area contributed by atoms with Gasteiger partial charge < -0.3 is 15.8 Å². The Labute approximate surface area is 210 Å². The number of allylic oxidation sites excluding steroid dienone is 2. The van der Waals surface area contributed by atoms with Crippen molar-refractivity contribution in [3.8, 4) is 5.75 Å². The van der Waals surface area contributed by atoms with Gasteiger partial charge in [-0.25, -0.2) is 4.99 Å². The first-order chi connectivity index (χ1) is 16.5. The van der Waals surface area contributed by atoms with E-state index in [1.165, 1.54) is 31.4 Å². The lowest BCUT2D eigenvalue weighted by Crippen LogP contribution is -2.21. The molecule has 3 aromatic carbocycles. The van der Waals surface area contributed by atoms with Crippen LogP contribution in [-0.4, -0.2) is 24.9 Å². The molecular formula is C25H20Cl2F3N3O2. The molecule has 182 valence electrons. The van der Waals surface area contributed by atoms with Crippen molar-refractivity contribution in [2.24, 2.45) is 10.7 Å². The van der Waals surface area contributed by atoms with Gasteiger partial charge in [0, 0.05) is 22.2 Å². The monoisotopic (exact) mass is 521 g/mol. The van der Waals surface area contributed by atoms with Gasteiger partial charge >= 0.3 is 6.18 Å². The summed E-state index contributed by atoms with van der Waals surface area (Å²) in [5.41, 5.74) is 5.82. The van der Waals surface area contributed by atoms with Crippen molar-refractivity contribution in [1.29, 1.82) is 0 Å². The van der Waals surface area contributed by atoms with E-state index in [9.17, 15) is 18.0 Å². The first-order valence-electron chi connectivity index (χ1n) is 10.1. The number of nitrogens with two attached hydrogens (primary N) is 1. The maximum atomic E-state index is 13.1. The molecule has 0 radical (unpaired) electrons. The molecule has 0 fully saturated rings. The predicted molar refractivity (Wildman–Crippen MR) is 133 cm³/mol. The fourth-order valence-corrected chi connectivity index (χ4v) is 3.33. The maximum absolute atomic E-state index is 13.1. The van der Waals surface area contributed by atoms with Crippen molar-refractivity contribution >= 4 is 46.2 Å². The average molecular weight is 522 g/mol. The molecule has 0 spiro atoms. The van der Waals surface area contributed by atoms with Crippen LogP contribution in [0, 0.1) is 6.92 Å². The quantitative estimate of drug-likeness (QED) is 0.340. The second-order valence-corrected chi connectivity index (χ2v) is 8.19. The van der Waals surface area contributed by atoms with Gasteiger partial charge in [-0.2, -0.15) is 13.2 Å². The summed E-state index contributed by atoms with van der Waals surface area (Å²) in [5, 5.41) is 3.49. The first-order valence-corrected chi connectivity index (χ1v) is 10.9. The average Bonchev–Trinajstić information content (AvgIpc) is 2.81. The molecule has 0 saturated heterocycles. The van der Waals surface area contributed by atoms with Gasteiger partial charge in [-0.1, -0.05) is 47.5 Å². The standard InChI is InChI=1S/C25H20Cl2F3N3O2/c1-14-11-21(22(35-2)12-18(14)27)33-24(34)16-9-7-15(8-10-16)20(13-23(31)25(28,29)30)32-19-6-4-3-5-17(19)26/h3-13H,31H2,1-2H3,(H,33,34). The number of nitrogens with zero attached hydrogens (tertiary/aromatic N) is 1. The van der Waals surface area contributed by atoms with Gasteiger partial charge in [0.25, 0.3) is 5.91 Å². The Balaban J connectivity index is 1.95. The van der Waals surface area contributed by atoms with Crippen LogP contribution in [0.5, 0.6) is 5.75 Å². The van der Waals surface area contributed by atoms with Crippen LogP contribution in [-0.2, 0) is 0 Å². The molecule has 0 aliphatic rings. The smallest absolute Gasteiger partial charge is 0.430 e. The number of ether oxygens (including phenoxy) is 1. The van der Waals surface area contributed by atoms with Crippen molar-refractivity contribution in [3.63, 3.8) is 0 Å². The number of amides is 1. The Morgan fingerprint density at radius 3 is 2.26 bits per heavy atom. The van der Waals surface area contributed by atoms with Gasteiger partial charge in [0.2, 0.25) is 0 Å². The van der Waals surface area contributed by atoms with Gasteiger partial charge in [0.15, 0.2) is 0 Å². The van der Waals surface area contributed by atoms with E-state index in [2.05, 4.69) is 10.3 Å². The van der Waals surface area contributed by atoms with E-state index < -0.39 is 17.8 Å². The minimum atomic E-state index is -4.74. The van der Waals surface area contributed by atoms with Crippen molar-refractivity contribution in [1.82, 2.24) is 0 Å². The van der Waals surface area contributed by atoms with Gasteiger partial charge in [-0.15, -0.1) is 0 Å². The zero-order chi connectivity index (χ0) is 25.8. The Bertz CT molecular complexity index is 1300. The third-order valence-corrected chi connectivity index (χ3v) is 5.61. The van der Waals surface area contributed by atoms with Crippen LogP contribution in [0.25, 0.3) is 0 Å². The summed E-state index contributed by atoms with van der Waals surface area (Å²) in [7, 11) is 1.45. The highest BCUT2D eigenvalue weighted by atomic mass is 35.5. The van der Waals surface area contributed by atoms with Crippen LogP contribution >= 0.6 is 23.2 Å². The molecule has 10 heteroatoms. The summed E-state index contributed by atoms with van der Waals surface area (Å²) in [6.07, 6.45) is -4.02. The molecule has 35 heavy (non-hydrogen) atoms. The van der Waals surface area contributed by atoms with Crippen molar-refractivity contribution in [2.45, 2.75) is 13.1 Å². The zero-order valence-corrected chi connectivity index (χ0v) is 20.1. The SMILES string of the molecule is COc1cc(Cl)c(C)cc1NC(=O)c1ccc(C(C=C(N)C(F)(F)F)=Nc2ccccc2Cl)cc1. The van der Waals surface area contributed by atoms with E-state index >= 15 is 0 Å². The molecule has 1 amide bonds. The lowest BCUT2D eigenvalue weighted by molar-refractivity contribution is -0.0925. The number of aryl methyl sites for hydroxylation is 1. The minimum absolute atomic E-state index is 0.0742. The number of carbonyl (C=O) groups excluding carboxylic acids is 1. The van der Waals surface area contributed by atoms with Crippen molar-refractivity contribution < 1.29 is 22.7 Å². The minimum Gasteiger partial charge on any atom is -0.495 e. The molecule has 3 aromatic rings. The summed E-state index contributed by atoms with van der Waals surface area (Å²) in [6.45, 7) is 1.78. The lowest BCUT2D eigenvalue weighted by atomic mass is 10.1. The third-order valence-electron chi connectivity index (χ3n) is 4.88. The van der Waals surface area contributed by atoms with E-state index in [0.29, 0.717) is 22.0 Å². The Morgan fingerprint density at radius 1 is 1.03 bits per heavy atom. The van der Waals surface area contributed by atoms with E-state index in [1.807, 2.05) is 0 Å². The number of alkyl halides is 3. The number of nitrogens with one attached hydrogen (secondary N) is 1. The fraction of sp³-hybridized carbons (Fsp3) is 0.120. The topological polar surface area (TPSA) is 76.7 Å². The van der Waals surface area contributed by atoms with Gasteiger partial charge in [0.1, 0.15) is 11.4 Å². The van der Waals surface area contributed by atoms with Gasteiger partial charge in [-0.3, -0.25) is 4.79 Å². The van der Waals surface area contributed by atoms with E-state index in [4.69, 9.17) is 33.7 Å². The second kappa shape index (κ2) is 10.8. The number of halogens is 5. The third kappa shape index (κ3) is 6.55. The molecule has 5 nitrogen and oxygen atoms in total. The van der Waals surface area contributed by atoms with Crippen LogP contribution in [0.2, 0.25) is 10.0 Å². The summed E-state index contributed by atoms with van der Waals surface area (Å²) >= 11 is 12.2. The van der Waals surface area contributed by atoms with Crippen LogP contribution in [0.15, 0.2) is 77.4 Å². The number of hydrogen-bond acceptors (Lipinski definition) is 4. The molecule has 0 unspecified atom stereocenters. The number of aliphatic imine (C=N–C) groups is 1. The predicted octanol–water partition coefficient (Wildman–Crippen LogP) is 7.09.